The molecule has 0 aliphatic carbocycles. The molecule has 0 amide bonds. The van der Waals surface area contributed by atoms with Crippen molar-refractivity contribution in [2.24, 2.45) is 5.92 Å². The number of para-hydroxylation sites is 1. The first kappa shape index (κ1) is 18.4. The van der Waals surface area contributed by atoms with E-state index in [1.165, 1.54) is 31.2 Å². The first-order valence-electron chi connectivity index (χ1n) is 8.82. The van der Waals surface area contributed by atoms with Crippen molar-refractivity contribution in [1.29, 1.82) is 0 Å². The van der Waals surface area contributed by atoms with Gasteiger partial charge in [0.25, 0.3) is 0 Å². The second-order valence-corrected chi connectivity index (χ2v) is 7.20. The van der Waals surface area contributed by atoms with Gasteiger partial charge in [0.2, 0.25) is 0 Å². The molecule has 140 valence electrons. The zero-order valence-electron chi connectivity index (χ0n) is 15.0. The molecular formula is C23H16ClFO3. The number of ether oxygens (including phenoxy) is 1. The first-order chi connectivity index (χ1) is 13.5. The van der Waals surface area contributed by atoms with Crippen molar-refractivity contribution in [3.8, 4) is 11.5 Å². The summed E-state index contributed by atoms with van der Waals surface area (Å²) < 4.78 is 19.3. The number of hydrogen-bond acceptors (Lipinski definition) is 3. The Labute approximate surface area is 166 Å². The molecule has 0 spiro atoms. The van der Waals surface area contributed by atoms with Gasteiger partial charge in [-0.2, -0.15) is 0 Å². The summed E-state index contributed by atoms with van der Waals surface area (Å²) in [7, 11) is 0. The van der Waals surface area contributed by atoms with E-state index in [1.54, 1.807) is 24.3 Å². The minimum Gasteiger partial charge on any atom is -0.457 e. The van der Waals surface area contributed by atoms with E-state index in [2.05, 4.69) is 0 Å². The van der Waals surface area contributed by atoms with Crippen LogP contribution in [0.1, 0.15) is 34.3 Å². The number of halogens is 2. The average molecular weight is 395 g/mol. The van der Waals surface area contributed by atoms with Crippen molar-refractivity contribution >= 4 is 23.2 Å². The lowest BCUT2D eigenvalue weighted by Crippen LogP contribution is -2.31. The van der Waals surface area contributed by atoms with E-state index in [9.17, 15) is 14.0 Å². The summed E-state index contributed by atoms with van der Waals surface area (Å²) in [5, 5.41) is 0.489. The third-order valence-corrected chi connectivity index (χ3v) is 5.20. The van der Waals surface area contributed by atoms with Crippen LogP contribution in [0.2, 0.25) is 5.02 Å². The van der Waals surface area contributed by atoms with E-state index in [0.29, 0.717) is 22.1 Å². The quantitative estimate of drug-likeness (QED) is 0.414. The van der Waals surface area contributed by atoms with Gasteiger partial charge in [-0.15, -0.1) is 0 Å². The first-order valence-corrected chi connectivity index (χ1v) is 9.20. The van der Waals surface area contributed by atoms with Crippen LogP contribution in [0, 0.1) is 11.7 Å². The molecule has 1 aliphatic rings. The van der Waals surface area contributed by atoms with Gasteiger partial charge in [-0.25, -0.2) is 4.39 Å². The molecule has 1 aliphatic heterocycles. The maximum absolute atomic E-state index is 13.3. The number of rotatable bonds is 4. The molecule has 0 aromatic heterocycles. The van der Waals surface area contributed by atoms with Crippen LogP contribution in [-0.4, -0.2) is 11.6 Å². The third-order valence-electron chi connectivity index (χ3n) is 4.96. The summed E-state index contributed by atoms with van der Waals surface area (Å²) in [5.74, 6) is -1.44. The SMILES string of the molecule is CC(=O)[C@@H](C(=O)c1ccc(F)cc1)[C@H]1c2ccccc2Oc2ccc(Cl)cc21. The van der Waals surface area contributed by atoms with Crippen molar-refractivity contribution in [3.05, 3.63) is 94.3 Å². The van der Waals surface area contributed by atoms with Crippen LogP contribution < -0.4 is 4.74 Å². The molecule has 0 fully saturated rings. The number of hydrogen-bond donors (Lipinski definition) is 0. The van der Waals surface area contributed by atoms with Gasteiger partial charge in [-0.1, -0.05) is 29.8 Å². The van der Waals surface area contributed by atoms with E-state index in [0.717, 1.165) is 5.56 Å². The Morgan fingerprint density at radius 3 is 2.36 bits per heavy atom. The van der Waals surface area contributed by atoms with Gasteiger partial charge in [-0.05, 0) is 55.5 Å². The van der Waals surface area contributed by atoms with Crippen molar-refractivity contribution in [1.82, 2.24) is 0 Å². The Kier molecular flexibility index (Phi) is 4.73. The number of benzene rings is 3. The van der Waals surface area contributed by atoms with Crippen LogP contribution >= 0.6 is 11.6 Å². The molecule has 0 saturated carbocycles. The summed E-state index contributed by atoms with van der Waals surface area (Å²) in [4.78, 5) is 25.9. The summed E-state index contributed by atoms with van der Waals surface area (Å²) in [6.45, 7) is 1.40. The van der Waals surface area contributed by atoms with Crippen LogP contribution in [0.5, 0.6) is 11.5 Å². The predicted molar refractivity (Wildman–Crippen MR) is 105 cm³/mol. The highest BCUT2D eigenvalue weighted by Crippen LogP contribution is 2.49. The van der Waals surface area contributed by atoms with Crippen LogP contribution in [0.15, 0.2) is 66.7 Å². The highest BCUT2D eigenvalue weighted by atomic mass is 35.5. The summed E-state index contributed by atoms with van der Waals surface area (Å²) in [6.07, 6.45) is 0. The second kappa shape index (κ2) is 7.21. The molecule has 0 radical (unpaired) electrons. The monoisotopic (exact) mass is 394 g/mol. The van der Waals surface area contributed by atoms with Gasteiger partial charge in [0.05, 0.1) is 5.92 Å². The number of fused-ring (bicyclic) bond motifs is 2. The Hall–Kier alpha value is -2.98. The topological polar surface area (TPSA) is 43.4 Å². The molecule has 5 heteroatoms. The molecular weight excluding hydrogens is 379 g/mol. The van der Waals surface area contributed by atoms with Crippen LogP contribution in [-0.2, 0) is 4.79 Å². The molecule has 0 N–H and O–H groups in total. The molecule has 3 aromatic carbocycles. The van der Waals surface area contributed by atoms with Crippen molar-refractivity contribution in [3.63, 3.8) is 0 Å². The molecule has 0 unspecified atom stereocenters. The number of carbonyl (C=O) groups excluding carboxylic acids is 2. The smallest absolute Gasteiger partial charge is 0.174 e. The lowest BCUT2D eigenvalue weighted by Gasteiger charge is -2.32. The van der Waals surface area contributed by atoms with Gasteiger partial charge < -0.3 is 4.74 Å². The molecule has 1 heterocycles. The lowest BCUT2D eigenvalue weighted by molar-refractivity contribution is -0.119. The second-order valence-electron chi connectivity index (χ2n) is 6.76. The van der Waals surface area contributed by atoms with Crippen molar-refractivity contribution in [2.45, 2.75) is 12.8 Å². The molecule has 3 nitrogen and oxygen atoms in total. The highest BCUT2D eigenvalue weighted by molar-refractivity contribution is 6.30. The fourth-order valence-electron chi connectivity index (χ4n) is 3.70. The molecule has 4 rings (SSSR count). The number of Topliss-reactive ketones (excluding diaryl/α,β-unsaturated/α-hetero) is 2. The van der Waals surface area contributed by atoms with Gasteiger partial charge >= 0.3 is 0 Å². The highest BCUT2D eigenvalue weighted by Gasteiger charge is 2.40. The Balaban J connectivity index is 1.89. The fourth-order valence-corrected chi connectivity index (χ4v) is 3.88. The predicted octanol–water partition coefficient (Wildman–Crippen LogP) is 5.80. The van der Waals surface area contributed by atoms with Crippen LogP contribution in [0.3, 0.4) is 0 Å². The molecule has 0 saturated heterocycles. The van der Waals surface area contributed by atoms with E-state index in [4.69, 9.17) is 16.3 Å². The molecule has 3 aromatic rings. The maximum atomic E-state index is 13.3. The van der Waals surface area contributed by atoms with Gasteiger partial charge in [0.15, 0.2) is 5.78 Å². The van der Waals surface area contributed by atoms with Crippen molar-refractivity contribution < 1.29 is 18.7 Å². The van der Waals surface area contributed by atoms with E-state index >= 15 is 0 Å². The molecule has 0 bridgehead atoms. The zero-order chi connectivity index (χ0) is 19.8. The average Bonchev–Trinajstić information content (AvgIpc) is 2.68. The summed E-state index contributed by atoms with van der Waals surface area (Å²) in [6, 6.07) is 17.7. The van der Waals surface area contributed by atoms with E-state index < -0.39 is 17.7 Å². The van der Waals surface area contributed by atoms with Gasteiger partial charge in [-0.3, -0.25) is 9.59 Å². The van der Waals surface area contributed by atoms with Crippen molar-refractivity contribution in [2.75, 3.05) is 0 Å². The molecule has 28 heavy (non-hydrogen) atoms. The largest absolute Gasteiger partial charge is 0.457 e. The zero-order valence-corrected chi connectivity index (χ0v) is 15.7. The molecule has 2 atom stereocenters. The minimum atomic E-state index is -0.979. The standard InChI is InChI=1S/C23H16ClFO3/c1-13(26)21(23(27)14-6-9-16(25)10-7-14)22-17-4-2-3-5-19(17)28-20-11-8-15(24)12-18(20)22/h2-12,21-22H,1H3/t21-,22+/m1/s1. The summed E-state index contributed by atoms with van der Waals surface area (Å²) >= 11 is 6.20. The fraction of sp³-hybridized carbons (Fsp3) is 0.130. The Morgan fingerprint density at radius 1 is 0.964 bits per heavy atom. The number of ketones is 2. The maximum Gasteiger partial charge on any atom is 0.174 e. The number of carbonyl (C=O) groups is 2. The Morgan fingerprint density at radius 2 is 1.64 bits per heavy atom. The van der Waals surface area contributed by atoms with Gasteiger partial charge in [0.1, 0.15) is 23.1 Å². The lowest BCUT2D eigenvalue weighted by atomic mass is 9.74. The minimum absolute atomic E-state index is 0.276. The third kappa shape index (κ3) is 3.20. The van der Waals surface area contributed by atoms with Crippen LogP contribution in [0.4, 0.5) is 4.39 Å². The summed E-state index contributed by atoms with van der Waals surface area (Å²) in [5.41, 5.74) is 1.71. The van der Waals surface area contributed by atoms with E-state index in [1.807, 2.05) is 18.2 Å². The Bertz CT molecular complexity index is 1080. The van der Waals surface area contributed by atoms with E-state index in [-0.39, 0.29) is 17.1 Å². The van der Waals surface area contributed by atoms with Crippen LogP contribution in [0.25, 0.3) is 0 Å². The van der Waals surface area contributed by atoms with Gasteiger partial charge in [0, 0.05) is 27.6 Å². The normalized spacial score (nSPS) is 15.8.